The van der Waals surface area contributed by atoms with Crippen molar-refractivity contribution in [2.24, 2.45) is 0 Å². The third-order valence-corrected chi connectivity index (χ3v) is 2.83. The van der Waals surface area contributed by atoms with E-state index >= 15 is 0 Å². The standard InChI is InChI=1S/C13H20ClNO/c1-10(2)16-9-12(15-3)8-11-6-4-5-7-13(11)14/h4-7,10,12,15H,8-9H2,1-3H3. The number of ether oxygens (including phenoxy) is 1. The molecule has 1 aromatic carbocycles. The summed E-state index contributed by atoms with van der Waals surface area (Å²) in [6.45, 7) is 4.80. The van der Waals surface area contributed by atoms with E-state index in [0.717, 1.165) is 17.0 Å². The van der Waals surface area contributed by atoms with Crippen LogP contribution in [0.25, 0.3) is 0 Å². The predicted molar refractivity (Wildman–Crippen MR) is 69.1 cm³/mol. The van der Waals surface area contributed by atoms with Crippen molar-refractivity contribution in [3.63, 3.8) is 0 Å². The summed E-state index contributed by atoms with van der Waals surface area (Å²) >= 11 is 6.12. The highest BCUT2D eigenvalue weighted by molar-refractivity contribution is 6.31. The summed E-state index contributed by atoms with van der Waals surface area (Å²) in [5.41, 5.74) is 1.16. The van der Waals surface area contributed by atoms with Crippen LogP contribution >= 0.6 is 11.6 Å². The molecule has 1 rings (SSSR count). The van der Waals surface area contributed by atoms with Gasteiger partial charge in [-0.1, -0.05) is 29.8 Å². The molecule has 0 heterocycles. The third kappa shape index (κ3) is 4.52. The molecule has 1 unspecified atom stereocenters. The third-order valence-electron chi connectivity index (χ3n) is 2.46. The van der Waals surface area contributed by atoms with Crippen LogP contribution in [0.1, 0.15) is 19.4 Å². The molecule has 0 saturated heterocycles. The predicted octanol–water partition coefficient (Wildman–Crippen LogP) is 2.90. The summed E-state index contributed by atoms with van der Waals surface area (Å²) in [6.07, 6.45) is 1.16. The number of nitrogens with one attached hydrogen (secondary N) is 1. The molecule has 0 saturated carbocycles. The van der Waals surface area contributed by atoms with Crippen LogP contribution in [0.2, 0.25) is 5.02 Å². The minimum Gasteiger partial charge on any atom is -0.377 e. The largest absolute Gasteiger partial charge is 0.377 e. The summed E-state index contributed by atoms with van der Waals surface area (Å²) < 4.78 is 5.60. The zero-order valence-electron chi connectivity index (χ0n) is 10.2. The molecule has 3 heteroatoms. The smallest absolute Gasteiger partial charge is 0.0626 e. The molecule has 0 spiro atoms. The number of likely N-dealkylation sites (N-methyl/N-ethyl adjacent to an activating group) is 1. The molecule has 0 aliphatic rings. The van der Waals surface area contributed by atoms with Crippen LogP contribution in [0.15, 0.2) is 24.3 Å². The lowest BCUT2D eigenvalue weighted by Crippen LogP contribution is -2.33. The lowest BCUT2D eigenvalue weighted by atomic mass is 10.1. The van der Waals surface area contributed by atoms with Crippen LogP contribution in [0, 0.1) is 0 Å². The Kier molecular flexibility index (Phi) is 5.81. The van der Waals surface area contributed by atoms with E-state index in [1.807, 2.05) is 39.1 Å². The van der Waals surface area contributed by atoms with Gasteiger partial charge in [-0.25, -0.2) is 0 Å². The first-order valence-electron chi connectivity index (χ1n) is 5.65. The average Bonchev–Trinajstić information content (AvgIpc) is 2.26. The number of hydrogen-bond donors (Lipinski definition) is 1. The second-order valence-electron chi connectivity index (χ2n) is 4.16. The average molecular weight is 242 g/mol. The molecule has 90 valence electrons. The Morgan fingerprint density at radius 3 is 2.56 bits per heavy atom. The highest BCUT2D eigenvalue weighted by atomic mass is 35.5. The molecule has 0 radical (unpaired) electrons. The molecule has 16 heavy (non-hydrogen) atoms. The lowest BCUT2D eigenvalue weighted by Gasteiger charge is -2.18. The molecule has 0 bridgehead atoms. The second kappa shape index (κ2) is 6.89. The van der Waals surface area contributed by atoms with Crippen LogP contribution in [-0.4, -0.2) is 25.8 Å². The summed E-state index contributed by atoms with van der Waals surface area (Å²) in [6, 6.07) is 8.25. The lowest BCUT2D eigenvalue weighted by molar-refractivity contribution is 0.0628. The van der Waals surface area contributed by atoms with E-state index in [1.54, 1.807) is 0 Å². The Balaban J connectivity index is 2.53. The Morgan fingerprint density at radius 1 is 1.31 bits per heavy atom. The van der Waals surface area contributed by atoms with Gasteiger partial charge in [-0.3, -0.25) is 0 Å². The molecule has 1 aromatic rings. The number of hydrogen-bond acceptors (Lipinski definition) is 2. The van der Waals surface area contributed by atoms with Gasteiger partial charge >= 0.3 is 0 Å². The Bertz CT molecular complexity index is 315. The van der Waals surface area contributed by atoms with Crippen molar-refractivity contribution in [2.45, 2.75) is 32.4 Å². The maximum absolute atomic E-state index is 6.12. The van der Waals surface area contributed by atoms with Crippen molar-refractivity contribution in [2.75, 3.05) is 13.7 Å². The molecular formula is C13H20ClNO. The van der Waals surface area contributed by atoms with Gasteiger partial charge in [-0.15, -0.1) is 0 Å². The van der Waals surface area contributed by atoms with Gasteiger partial charge in [0.05, 0.1) is 12.7 Å². The van der Waals surface area contributed by atoms with E-state index in [1.165, 1.54) is 0 Å². The van der Waals surface area contributed by atoms with Gasteiger partial charge in [-0.2, -0.15) is 0 Å². The second-order valence-corrected chi connectivity index (χ2v) is 4.57. The van der Waals surface area contributed by atoms with E-state index < -0.39 is 0 Å². The first kappa shape index (κ1) is 13.5. The van der Waals surface area contributed by atoms with Crippen LogP contribution in [0.5, 0.6) is 0 Å². The van der Waals surface area contributed by atoms with Gasteiger partial charge in [0, 0.05) is 11.1 Å². The minimum absolute atomic E-state index is 0.266. The van der Waals surface area contributed by atoms with E-state index in [-0.39, 0.29) is 6.10 Å². The first-order valence-corrected chi connectivity index (χ1v) is 6.03. The van der Waals surface area contributed by atoms with Gasteiger partial charge < -0.3 is 10.1 Å². The monoisotopic (exact) mass is 241 g/mol. The number of halogens is 1. The zero-order valence-corrected chi connectivity index (χ0v) is 10.9. The van der Waals surface area contributed by atoms with Gasteiger partial charge in [0.15, 0.2) is 0 Å². The highest BCUT2D eigenvalue weighted by Gasteiger charge is 2.10. The Labute approximate surface area is 103 Å². The molecule has 1 atom stereocenters. The maximum Gasteiger partial charge on any atom is 0.0626 e. The van der Waals surface area contributed by atoms with Gasteiger partial charge in [0.1, 0.15) is 0 Å². The van der Waals surface area contributed by atoms with Crippen molar-refractivity contribution >= 4 is 11.6 Å². The molecular weight excluding hydrogens is 222 g/mol. The SMILES string of the molecule is CNC(COC(C)C)Cc1ccccc1Cl. The highest BCUT2D eigenvalue weighted by Crippen LogP contribution is 2.16. The van der Waals surface area contributed by atoms with Crippen molar-refractivity contribution in [3.8, 4) is 0 Å². The van der Waals surface area contributed by atoms with E-state index in [0.29, 0.717) is 12.6 Å². The fraction of sp³-hybridized carbons (Fsp3) is 0.538. The topological polar surface area (TPSA) is 21.3 Å². The normalized spacial score (nSPS) is 13.1. The fourth-order valence-corrected chi connectivity index (χ4v) is 1.70. The van der Waals surface area contributed by atoms with E-state index in [9.17, 15) is 0 Å². The summed E-state index contributed by atoms with van der Waals surface area (Å²) in [7, 11) is 1.95. The molecule has 0 aromatic heterocycles. The minimum atomic E-state index is 0.266. The van der Waals surface area contributed by atoms with Crippen LogP contribution in [0.4, 0.5) is 0 Å². The van der Waals surface area contributed by atoms with Crippen molar-refractivity contribution < 1.29 is 4.74 Å². The summed E-state index contributed by atoms with van der Waals surface area (Å²) in [5.74, 6) is 0. The molecule has 1 N–H and O–H groups in total. The van der Waals surface area contributed by atoms with Gasteiger partial charge in [0.2, 0.25) is 0 Å². The van der Waals surface area contributed by atoms with Gasteiger partial charge in [-0.05, 0) is 38.9 Å². The number of rotatable bonds is 6. The maximum atomic E-state index is 6.12. The summed E-state index contributed by atoms with van der Waals surface area (Å²) in [5, 5.41) is 4.08. The fourth-order valence-electron chi connectivity index (χ4n) is 1.48. The van der Waals surface area contributed by atoms with Crippen LogP contribution < -0.4 is 5.32 Å². The Morgan fingerprint density at radius 2 is 2.00 bits per heavy atom. The van der Waals surface area contributed by atoms with Crippen LogP contribution in [-0.2, 0) is 11.2 Å². The molecule has 2 nitrogen and oxygen atoms in total. The first-order chi connectivity index (χ1) is 7.63. The van der Waals surface area contributed by atoms with Crippen molar-refractivity contribution in [1.82, 2.24) is 5.32 Å². The van der Waals surface area contributed by atoms with E-state index in [2.05, 4.69) is 11.4 Å². The van der Waals surface area contributed by atoms with E-state index in [4.69, 9.17) is 16.3 Å². The van der Waals surface area contributed by atoms with Crippen LogP contribution in [0.3, 0.4) is 0 Å². The van der Waals surface area contributed by atoms with Gasteiger partial charge in [0.25, 0.3) is 0 Å². The molecule has 0 aliphatic heterocycles. The number of benzene rings is 1. The zero-order chi connectivity index (χ0) is 12.0. The molecule has 0 aliphatic carbocycles. The molecule has 0 amide bonds. The van der Waals surface area contributed by atoms with Crippen molar-refractivity contribution in [1.29, 1.82) is 0 Å². The molecule has 0 fully saturated rings. The summed E-state index contributed by atoms with van der Waals surface area (Å²) in [4.78, 5) is 0. The van der Waals surface area contributed by atoms with Crippen molar-refractivity contribution in [3.05, 3.63) is 34.9 Å². The quantitative estimate of drug-likeness (QED) is 0.827. The Hall–Kier alpha value is -0.570.